The predicted octanol–water partition coefficient (Wildman–Crippen LogP) is 4.87. The molecule has 0 unspecified atom stereocenters. The van der Waals surface area contributed by atoms with Crippen LogP contribution in [0.25, 0.3) is 33.1 Å². The fraction of sp³-hybridized carbons (Fsp3) is 0.423. The summed E-state index contributed by atoms with van der Waals surface area (Å²) >= 11 is 0. The van der Waals surface area contributed by atoms with Crippen molar-refractivity contribution >= 4 is 21.9 Å². The molecule has 4 aromatic rings. The maximum Gasteiger partial charge on any atom is 0.329 e. The fourth-order valence-electron chi connectivity index (χ4n) is 4.65. The zero-order valence-corrected chi connectivity index (χ0v) is 19.5. The molecule has 3 heterocycles. The predicted molar refractivity (Wildman–Crippen MR) is 130 cm³/mol. The van der Waals surface area contributed by atoms with Gasteiger partial charge in [0.15, 0.2) is 0 Å². The lowest BCUT2D eigenvalue weighted by molar-refractivity contribution is 0.00635. The van der Waals surface area contributed by atoms with Gasteiger partial charge in [-0.3, -0.25) is 14.1 Å². The SMILES string of the molecule is CCCCCOc1ccc(-c2ccc3ncc4c(c3c2)n(C2CC(OC)C2)c(=O)n4C)cn1. The third-order valence-electron chi connectivity index (χ3n) is 6.75. The number of fused-ring (bicyclic) bond motifs is 3. The van der Waals surface area contributed by atoms with Gasteiger partial charge in [-0.25, -0.2) is 9.78 Å². The molecule has 3 aromatic heterocycles. The van der Waals surface area contributed by atoms with E-state index in [9.17, 15) is 4.79 Å². The lowest BCUT2D eigenvalue weighted by Crippen LogP contribution is -2.37. The number of ether oxygens (including phenoxy) is 2. The Labute approximate surface area is 193 Å². The number of hydrogen-bond donors (Lipinski definition) is 0. The molecule has 0 saturated heterocycles. The lowest BCUT2D eigenvalue weighted by atomic mass is 9.89. The van der Waals surface area contributed by atoms with Gasteiger partial charge in [0.2, 0.25) is 5.88 Å². The average Bonchev–Trinajstić information content (AvgIpc) is 3.07. The maximum absolute atomic E-state index is 13.1. The van der Waals surface area contributed by atoms with Gasteiger partial charge < -0.3 is 9.47 Å². The lowest BCUT2D eigenvalue weighted by Gasteiger charge is -2.34. The van der Waals surface area contributed by atoms with Gasteiger partial charge in [0, 0.05) is 43.4 Å². The third-order valence-corrected chi connectivity index (χ3v) is 6.75. The van der Waals surface area contributed by atoms with Crippen LogP contribution in [0.4, 0.5) is 0 Å². The minimum Gasteiger partial charge on any atom is -0.478 e. The van der Waals surface area contributed by atoms with Gasteiger partial charge in [0.1, 0.15) is 0 Å². The van der Waals surface area contributed by atoms with E-state index in [4.69, 9.17) is 9.47 Å². The Morgan fingerprint density at radius 1 is 1.06 bits per heavy atom. The van der Waals surface area contributed by atoms with Crippen LogP contribution in [0, 0.1) is 0 Å². The fourth-order valence-corrected chi connectivity index (χ4v) is 4.65. The van der Waals surface area contributed by atoms with E-state index in [0.29, 0.717) is 12.5 Å². The topological polar surface area (TPSA) is 71.2 Å². The monoisotopic (exact) mass is 446 g/mol. The molecule has 0 amide bonds. The van der Waals surface area contributed by atoms with E-state index in [1.807, 2.05) is 36.0 Å². The Hall–Kier alpha value is -3.19. The zero-order valence-electron chi connectivity index (χ0n) is 19.5. The molecule has 0 bridgehead atoms. The summed E-state index contributed by atoms with van der Waals surface area (Å²) in [6.07, 6.45) is 8.93. The first-order valence-corrected chi connectivity index (χ1v) is 11.7. The normalized spacial score (nSPS) is 18.0. The smallest absolute Gasteiger partial charge is 0.329 e. The number of methoxy groups -OCH3 is 1. The molecule has 0 spiro atoms. The maximum atomic E-state index is 13.1. The molecule has 7 heteroatoms. The van der Waals surface area contributed by atoms with E-state index >= 15 is 0 Å². The first-order chi connectivity index (χ1) is 16.1. The van der Waals surface area contributed by atoms with E-state index in [1.165, 1.54) is 6.42 Å². The van der Waals surface area contributed by atoms with Crippen LogP contribution >= 0.6 is 0 Å². The minimum atomic E-state index is -0.00417. The van der Waals surface area contributed by atoms with E-state index < -0.39 is 0 Å². The van der Waals surface area contributed by atoms with E-state index in [1.54, 1.807) is 17.9 Å². The molecule has 0 aliphatic heterocycles. The quantitative estimate of drug-likeness (QED) is 0.361. The summed E-state index contributed by atoms with van der Waals surface area (Å²) in [6, 6.07) is 10.3. The van der Waals surface area contributed by atoms with Crippen molar-refractivity contribution in [3.05, 3.63) is 53.2 Å². The van der Waals surface area contributed by atoms with Crippen LogP contribution in [0.15, 0.2) is 47.5 Å². The number of hydrogen-bond acceptors (Lipinski definition) is 5. The van der Waals surface area contributed by atoms with Gasteiger partial charge >= 0.3 is 5.69 Å². The number of aryl methyl sites for hydroxylation is 1. The molecule has 33 heavy (non-hydrogen) atoms. The summed E-state index contributed by atoms with van der Waals surface area (Å²) in [5, 5.41) is 0.975. The molecule has 7 nitrogen and oxygen atoms in total. The first-order valence-electron chi connectivity index (χ1n) is 11.7. The van der Waals surface area contributed by atoms with Gasteiger partial charge in [0.05, 0.1) is 35.5 Å². The van der Waals surface area contributed by atoms with Crippen LogP contribution in [-0.2, 0) is 11.8 Å². The Bertz CT molecular complexity index is 1330. The van der Waals surface area contributed by atoms with Crippen molar-refractivity contribution in [2.24, 2.45) is 7.05 Å². The van der Waals surface area contributed by atoms with E-state index in [0.717, 1.165) is 58.7 Å². The van der Waals surface area contributed by atoms with Crippen molar-refractivity contribution in [3.63, 3.8) is 0 Å². The van der Waals surface area contributed by atoms with Crippen LogP contribution in [0.1, 0.15) is 45.1 Å². The molecule has 1 aromatic carbocycles. The average molecular weight is 447 g/mol. The molecule has 5 rings (SSSR count). The molecule has 0 atom stereocenters. The number of unbranched alkanes of at least 4 members (excludes halogenated alkanes) is 2. The summed E-state index contributed by atoms with van der Waals surface area (Å²) in [5.74, 6) is 0.647. The number of rotatable bonds is 8. The summed E-state index contributed by atoms with van der Waals surface area (Å²) in [4.78, 5) is 22.2. The highest BCUT2D eigenvalue weighted by Crippen LogP contribution is 2.37. The Balaban J connectivity index is 1.52. The molecular formula is C26H30N4O3. The summed E-state index contributed by atoms with van der Waals surface area (Å²) in [6.45, 7) is 2.87. The van der Waals surface area contributed by atoms with Crippen molar-refractivity contribution in [2.45, 2.75) is 51.2 Å². The van der Waals surface area contributed by atoms with Gasteiger partial charge in [-0.2, -0.15) is 0 Å². The number of pyridine rings is 2. The number of benzene rings is 1. The second-order valence-corrected chi connectivity index (χ2v) is 8.86. The van der Waals surface area contributed by atoms with Crippen molar-refractivity contribution in [2.75, 3.05) is 13.7 Å². The first kappa shape index (κ1) is 21.6. The highest BCUT2D eigenvalue weighted by Gasteiger charge is 2.33. The molecule has 172 valence electrons. The molecule has 0 radical (unpaired) electrons. The summed E-state index contributed by atoms with van der Waals surface area (Å²) in [7, 11) is 3.54. The Morgan fingerprint density at radius 3 is 2.61 bits per heavy atom. The molecule has 1 saturated carbocycles. The Morgan fingerprint density at radius 2 is 1.88 bits per heavy atom. The third kappa shape index (κ3) is 3.91. The Kier molecular flexibility index (Phi) is 5.89. The molecule has 1 fully saturated rings. The van der Waals surface area contributed by atoms with Crippen molar-refractivity contribution in [1.82, 2.24) is 19.1 Å². The van der Waals surface area contributed by atoms with Crippen LogP contribution in [-0.4, -0.2) is 38.9 Å². The molecule has 1 aliphatic rings. The molecular weight excluding hydrogens is 416 g/mol. The minimum absolute atomic E-state index is 0.00417. The van der Waals surface area contributed by atoms with Crippen LogP contribution < -0.4 is 10.4 Å². The van der Waals surface area contributed by atoms with Crippen molar-refractivity contribution < 1.29 is 9.47 Å². The van der Waals surface area contributed by atoms with Gasteiger partial charge in [-0.1, -0.05) is 25.8 Å². The highest BCUT2D eigenvalue weighted by atomic mass is 16.5. The molecule has 0 N–H and O–H groups in total. The summed E-state index contributed by atoms with van der Waals surface area (Å²) in [5.41, 5.74) is 4.69. The van der Waals surface area contributed by atoms with Crippen LogP contribution in [0.5, 0.6) is 5.88 Å². The van der Waals surface area contributed by atoms with Gasteiger partial charge in [-0.05, 0) is 43.0 Å². The highest BCUT2D eigenvalue weighted by molar-refractivity contribution is 6.04. The van der Waals surface area contributed by atoms with E-state index in [-0.39, 0.29) is 17.8 Å². The van der Waals surface area contributed by atoms with Crippen molar-refractivity contribution in [1.29, 1.82) is 0 Å². The zero-order chi connectivity index (χ0) is 22.9. The van der Waals surface area contributed by atoms with Crippen LogP contribution in [0.2, 0.25) is 0 Å². The largest absolute Gasteiger partial charge is 0.478 e. The van der Waals surface area contributed by atoms with Gasteiger partial charge in [0.25, 0.3) is 0 Å². The number of nitrogens with zero attached hydrogens (tertiary/aromatic N) is 4. The molecule has 1 aliphatic carbocycles. The number of imidazole rings is 1. The second-order valence-electron chi connectivity index (χ2n) is 8.86. The summed E-state index contributed by atoms with van der Waals surface area (Å²) < 4.78 is 14.8. The van der Waals surface area contributed by atoms with E-state index in [2.05, 4.69) is 29.0 Å². The number of aromatic nitrogens is 4. The second kappa shape index (κ2) is 8.98. The van der Waals surface area contributed by atoms with Gasteiger partial charge in [-0.15, -0.1) is 0 Å². The van der Waals surface area contributed by atoms with Crippen LogP contribution in [0.3, 0.4) is 0 Å². The van der Waals surface area contributed by atoms with Crippen molar-refractivity contribution in [3.8, 4) is 17.0 Å². The standard InChI is InChI=1S/C26H30N4O3/c1-4-5-6-11-33-24-10-8-18(15-28-24)17-7-9-22-21(12-17)25-23(16-27-22)29(2)26(31)30(25)19-13-20(14-19)32-3/h7-10,12,15-16,19-20H,4-6,11,13-14H2,1-3H3.